The maximum absolute atomic E-state index is 12.0. The third kappa shape index (κ3) is 6.88. The van der Waals surface area contributed by atoms with E-state index in [2.05, 4.69) is 60.4 Å². The highest BCUT2D eigenvalue weighted by molar-refractivity contribution is 7.99. The van der Waals surface area contributed by atoms with Gasteiger partial charge in [0.25, 0.3) is 0 Å². The fraction of sp³-hybridized carbons (Fsp3) is 0.458. The van der Waals surface area contributed by atoms with Crippen LogP contribution in [0, 0.1) is 6.92 Å². The van der Waals surface area contributed by atoms with Gasteiger partial charge in [-0.2, -0.15) is 0 Å². The monoisotopic (exact) mass is 413 g/mol. The molecule has 4 nitrogen and oxygen atoms in total. The third-order valence-corrected chi connectivity index (χ3v) is 5.96. The van der Waals surface area contributed by atoms with Crippen molar-refractivity contribution in [3.8, 4) is 0 Å². The molecule has 0 saturated carbocycles. The molecule has 3 rings (SSSR count). The van der Waals surface area contributed by atoms with Crippen molar-refractivity contribution < 1.29 is 14.3 Å². The van der Waals surface area contributed by atoms with E-state index in [4.69, 9.17) is 9.47 Å². The molecule has 1 saturated heterocycles. The Labute approximate surface area is 178 Å². The van der Waals surface area contributed by atoms with E-state index in [0.717, 1.165) is 13.1 Å². The van der Waals surface area contributed by atoms with Gasteiger partial charge in [0.05, 0.1) is 19.1 Å². The Kier molecular flexibility index (Phi) is 7.38. The molecule has 1 aliphatic rings. The number of morpholine rings is 1. The van der Waals surface area contributed by atoms with Gasteiger partial charge in [-0.1, -0.05) is 42.1 Å². The molecule has 1 unspecified atom stereocenters. The number of carbonyl (C=O) groups excluding carboxylic acids is 1. The highest BCUT2D eigenvalue weighted by Gasteiger charge is 2.23. The molecule has 0 aliphatic carbocycles. The molecule has 1 atom stereocenters. The zero-order valence-electron chi connectivity index (χ0n) is 17.8. The second-order valence-electron chi connectivity index (χ2n) is 8.43. The largest absolute Gasteiger partial charge is 0.460 e. The first-order chi connectivity index (χ1) is 13.8. The summed E-state index contributed by atoms with van der Waals surface area (Å²) in [5.41, 5.74) is 2.04. The zero-order valence-corrected chi connectivity index (χ0v) is 18.6. The van der Waals surface area contributed by atoms with E-state index in [1.54, 1.807) is 11.8 Å². The van der Waals surface area contributed by atoms with Crippen LogP contribution in [-0.2, 0) is 14.3 Å². The number of rotatable bonds is 6. The number of ether oxygens (including phenoxy) is 2. The molecule has 29 heavy (non-hydrogen) atoms. The van der Waals surface area contributed by atoms with Gasteiger partial charge in [-0.25, -0.2) is 0 Å². The van der Waals surface area contributed by atoms with Crippen molar-refractivity contribution in [3.63, 3.8) is 0 Å². The Balaban J connectivity index is 1.54. The smallest absolute Gasteiger partial charge is 0.307 e. The number of benzene rings is 2. The molecule has 0 aromatic heterocycles. The number of carbonyl (C=O) groups is 1. The molecule has 2 aromatic carbocycles. The summed E-state index contributed by atoms with van der Waals surface area (Å²) >= 11 is 1.78. The topological polar surface area (TPSA) is 38.8 Å². The molecular weight excluding hydrogens is 382 g/mol. The summed E-state index contributed by atoms with van der Waals surface area (Å²) in [6, 6.07) is 17.1. The maximum Gasteiger partial charge on any atom is 0.307 e. The Hall–Kier alpha value is -1.82. The summed E-state index contributed by atoms with van der Waals surface area (Å²) < 4.78 is 11.4. The summed E-state index contributed by atoms with van der Waals surface area (Å²) in [4.78, 5) is 16.8. The van der Waals surface area contributed by atoms with Crippen LogP contribution in [0.4, 0.5) is 0 Å². The van der Waals surface area contributed by atoms with Gasteiger partial charge in [0.1, 0.15) is 5.60 Å². The molecule has 1 aliphatic heterocycles. The van der Waals surface area contributed by atoms with E-state index in [0.29, 0.717) is 19.6 Å². The molecule has 0 spiro atoms. The number of aryl methyl sites for hydroxylation is 1. The molecule has 0 amide bonds. The SMILES string of the molecule is Cc1ccccc1Sc1ccc(C2CN(CCC(=O)OC(C)(C)C)CCO2)cc1. The van der Waals surface area contributed by atoms with Gasteiger partial charge in [-0.3, -0.25) is 9.69 Å². The summed E-state index contributed by atoms with van der Waals surface area (Å²) in [6.45, 7) is 10.9. The van der Waals surface area contributed by atoms with Crippen LogP contribution in [0.3, 0.4) is 0 Å². The lowest BCUT2D eigenvalue weighted by molar-refractivity contribution is -0.155. The van der Waals surface area contributed by atoms with Crippen LogP contribution in [0.15, 0.2) is 58.3 Å². The van der Waals surface area contributed by atoms with Gasteiger partial charge in [0.2, 0.25) is 0 Å². The van der Waals surface area contributed by atoms with Crippen LogP contribution in [0.25, 0.3) is 0 Å². The molecule has 1 heterocycles. The van der Waals surface area contributed by atoms with Crippen LogP contribution in [0.1, 0.15) is 44.4 Å². The highest BCUT2D eigenvalue weighted by atomic mass is 32.2. The predicted molar refractivity (Wildman–Crippen MR) is 117 cm³/mol. The van der Waals surface area contributed by atoms with Crippen LogP contribution in [0.2, 0.25) is 0 Å². The molecule has 156 valence electrons. The average Bonchev–Trinajstić information content (AvgIpc) is 2.68. The van der Waals surface area contributed by atoms with Crippen molar-refractivity contribution in [1.82, 2.24) is 4.90 Å². The van der Waals surface area contributed by atoms with E-state index in [1.165, 1.54) is 20.9 Å². The number of hydrogen-bond acceptors (Lipinski definition) is 5. The average molecular weight is 414 g/mol. The van der Waals surface area contributed by atoms with Crippen LogP contribution < -0.4 is 0 Å². The molecular formula is C24H31NO3S. The first kappa shape index (κ1) is 21.9. The predicted octanol–water partition coefficient (Wildman–Crippen LogP) is 5.25. The van der Waals surface area contributed by atoms with E-state index in [9.17, 15) is 4.79 Å². The molecule has 0 radical (unpaired) electrons. The molecule has 0 N–H and O–H groups in total. The van der Waals surface area contributed by atoms with E-state index in [-0.39, 0.29) is 12.1 Å². The van der Waals surface area contributed by atoms with Gasteiger partial charge < -0.3 is 9.47 Å². The van der Waals surface area contributed by atoms with E-state index in [1.807, 2.05) is 20.8 Å². The number of nitrogens with zero attached hydrogens (tertiary/aromatic N) is 1. The van der Waals surface area contributed by atoms with Crippen molar-refractivity contribution in [2.75, 3.05) is 26.2 Å². The lowest BCUT2D eigenvalue weighted by Crippen LogP contribution is -2.39. The van der Waals surface area contributed by atoms with Gasteiger partial charge in [0.15, 0.2) is 0 Å². The van der Waals surface area contributed by atoms with Crippen molar-refractivity contribution in [3.05, 3.63) is 59.7 Å². The Morgan fingerprint density at radius 3 is 2.59 bits per heavy atom. The van der Waals surface area contributed by atoms with Crippen molar-refractivity contribution in [2.45, 2.75) is 55.6 Å². The fourth-order valence-electron chi connectivity index (χ4n) is 3.30. The van der Waals surface area contributed by atoms with Crippen molar-refractivity contribution in [1.29, 1.82) is 0 Å². The second-order valence-corrected chi connectivity index (χ2v) is 9.55. The van der Waals surface area contributed by atoms with Gasteiger partial charge >= 0.3 is 5.97 Å². The first-order valence-corrected chi connectivity index (χ1v) is 11.0. The fourth-order valence-corrected chi connectivity index (χ4v) is 4.20. The normalized spacial score (nSPS) is 17.9. The van der Waals surface area contributed by atoms with Crippen LogP contribution in [-0.4, -0.2) is 42.7 Å². The molecule has 0 bridgehead atoms. The Bertz CT molecular complexity index is 814. The minimum absolute atomic E-state index is 0.0416. The second kappa shape index (κ2) is 9.79. The highest BCUT2D eigenvalue weighted by Crippen LogP contribution is 2.31. The van der Waals surface area contributed by atoms with Gasteiger partial charge in [0, 0.05) is 29.4 Å². The molecule has 1 fully saturated rings. The summed E-state index contributed by atoms with van der Waals surface area (Å²) in [7, 11) is 0. The van der Waals surface area contributed by atoms with E-state index >= 15 is 0 Å². The molecule has 2 aromatic rings. The van der Waals surface area contributed by atoms with Crippen LogP contribution in [0.5, 0.6) is 0 Å². The number of hydrogen-bond donors (Lipinski definition) is 0. The summed E-state index contributed by atoms with van der Waals surface area (Å²) in [5, 5.41) is 0. The maximum atomic E-state index is 12.0. The lowest BCUT2D eigenvalue weighted by Gasteiger charge is -2.33. The minimum Gasteiger partial charge on any atom is -0.460 e. The third-order valence-electron chi connectivity index (χ3n) is 4.78. The quantitative estimate of drug-likeness (QED) is 0.605. The van der Waals surface area contributed by atoms with Gasteiger partial charge in [-0.15, -0.1) is 0 Å². The Morgan fingerprint density at radius 2 is 1.90 bits per heavy atom. The van der Waals surface area contributed by atoms with Crippen molar-refractivity contribution in [2.24, 2.45) is 0 Å². The lowest BCUT2D eigenvalue weighted by atomic mass is 10.1. The van der Waals surface area contributed by atoms with E-state index < -0.39 is 5.60 Å². The van der Waals surface area contributed by atoms with Crippen LogP contribution >= 0.6 is 11.8 Å². The zero-order chi connectivity index (χ0) is 20.9. The molecule has 5 heteroatoms. The summed E-state index contributed by atoms with van der Waals surface area (Å²) in [5.74, 6) is -0.141. The summed E-state index contributed by atoms with van der Waals surface area (Å²) in [6.07, 6.45) is 0.454. The van der Waals surface area contributed by atoms with Crippen molar-refractivity contribution >= 4 is 17.7 Å². The first-order valence-electron chi connectivity index (χ1n) is 10.2. The minimum atomic E-state index is -0.428. The van der Waals surface area contributed by atoms with Gasteiger partial charge in [-0.05, 0) is 57.0 Å². The standard InChI is InChI=1S/C24H31NO3S/c1-18-7-5-6-8-22(18)29-20-11-9-19(10-12-20)21-17-25(15-16-27-21)14-13-23(26)28-24(2,3)4/h5-12,21H,13-17H2,1-4H3. The number of esters is 1. The Morgan fingerprint density at radius 1 is 1.17 bits per heavy atom.